The lowest BCUT2D eigenvalue weighted by molar-refractivity contribution is -0.138. The van der Waals surface area contributed by atoms with Crippen molar-refractivity contribution in [1.82, 2.24) is 19.7 Å². The normalized spacial score (nSPS) is 16.5. The maximum atomic E-state index is 14.2. The maximum absolute atomic E-state index is 14.2. The van der Waals surface area contributed by atoms with E-state index in [9.17, 15) is 22.8 Å². The number of piperidine rings is 1. The van der Waals surface area contributed by atoms with Crippen LogP contribution < -0.4 is 15.2 Å². The zero-order valence-corrected chi connectivity index (χ0v) is 26.1. The van der Waals surface area contributed by atoms with Crippen molar-refractivity contribution >= 4 is 19.9 Å². The van der Waals surface area contributed by atoms with Crippen LogP contribution in [0.3, 0.4) is 0 Å². The van der Waals surface area contributed by atoms with Crippen LogP contribution in [-0.4, -0.2) is 65.2 Å². The average molecular weight is 612 g/mol. The number of hydrogen-bond acceptors (Lipinski definition) is 8. The topological polar surface area (TPSA) is 99.0 Å². The van der Waals surface area contributed by atoms with E-state index in [2.05, 4.69) is 29.7 Å². The lowest BCUT2D eigenvalue weighted by Crippen LogP contribution is -2.44. The van der Waals surface area contributed by atoms with Crippen LogP contribution in [0.15, 0.2) is 23.3 Å². The van der Waals surface area contributed by atoms with E-state index in [1.54, 1.807) is 17.2 Å². The summed E-state index contributed by atoms with van der Waals surface area (Å²) in [4.78, 5) is 32.8. The Labute approximate surface area is 244 Å². The van der Waals surface area contributed by atoms with Gasteiger partial charge in [0.15, 0.2) is 0 Å². The van der Waals surface area contributed by atoms with Gasteiger partial charge >= 0.3 is 12.3 Å². The molecule has 0 atom stereocenters. The van der Waals surface area contributed by atoms with Crippen LogP contribution >= 0.6 is 0 Å². The SMILES string of the molecule is CC(C)(C)OC(=O)N1CCC(Oc2ccnc3c2CN(c2cnn(COCC[Si](C)(C)C)c(=O)c2C(F)(F)F)C3)CC1. The predicted octanol–water partition coefficient (Wildman–Crippen LogP) is 5.27. The van der Waals surface area contributed by atoms with Gasteiger partial charge in [0, 0.05) is 58.9 Å². The van der Waals surface area contributed by atoms with Crippen molar-refractivity contribution in [2.24, 2.45) is 0 Å². The summed E-state index contributed by atoms with van der Waals surface area (Å²) in [5, 5.41) is 4.01. The van der Waals surface area contributed by atoms with Gasteiger partial charge in [0.1, 0.15) is 29.7 Å². The fourth-order valence-corrected chi connectivity index (χ4v) is 5.56. The van der Waals surface area contributed by atoms with Crippen LogP contribution in [0.5, 0.6) is 5.75 Å². The van der Waals surface area contributed by atoms with E-state index < -0.39 is 31.0 Å². The number of hydrogen-bond donors (Lipinski definition) is 0. The molecule has 0 spiro atoms. The summed E-state index contributed by atoms with van der Waals surface area (Å²) in [5.41, 5.74) is -2.17. The van der Waals surface area contributed by atoms with Crippen molar-refractivity contribution in [3.05, 3.63) is 45.6 Å². The predicted molar refractivity (Wildman–Crippen MR) is 153 cm³/mol. The fourth-order valence-electron chi connectivity index (χ4n) is 4.80. The van der Waals surface area contributed by atoms with Gasteiger partial charge in [0.25, 0.3) is 5.56 Å². The lowest BCUT2D eigenvalue weighted by atomic mass is 10.1. The fraction of sp³-hybridized carbons (Fsp3) is 0.643. The Morgan fingerprint density at radius 3 is 2.43 bits per heavy atom. The van der Waals surface area contributed by atoms with Crippen molar-refractivity contribution in [2.75, 3.05) is 24.6 Å². The van der Waals surface area contributed by atoms with Gasteiger partial charge in [-0.15, -0.1) is 0 Å². The molecule has 42 heavy (non-hydrogen) atoms. The van der Waals surface area contributed by atoms with Crippen LogP contribution in [0.4, 0.5) is 23.7 Å². The summed E-state index contributed by atoms with van der Waals surface area (Å²) in [5.74, 6) is 0.531. The quantitative estimate of drug-likeness (QED) is 0.294. The summed E-state index contributed by atoms with van der Waals surface area (Å²) in [6, 6.07) is 2.51. The molecule has 2 aromatic heterocycles. The van der Waals surface area contributed by atoms with Crippen molar-refractivity contribution < 1.29 is 32.2 Å². The van der Waals surface area contributed by atoms with E-state index in [1.807, 2.05) is 20.8 Å². The third-order valence-electron chi connectivity index (χ3n) is 7.04. The first-order valence-corrected chi connectivity index (χ1v) is 17.8. The van der Waals surface area contributed by atoms with Gasteiger partial charge in [-0.05, 0) is 32.9 Å². The number of aromatic nitrogens is 3. The highest BCUT2D eigenvalue weighted by Gasteiger charge is 2.41. The molecule has 0 N–H and O–H groups in total. The molecule has 0 radical (unpaired) electrons. The third-order valence-corrected chi connectivity index (χ3v) is 8.74. The molecule has 1 saturated heterocycles. The molecule has 2 aliphatic rings. The van der Waals surface area contributed by atoms with Gasteiger partial charge < -0.3 is 24.0 Å². The van der Waals surface area contributed by atoms with Gasteiger partial charge in [0.05, 0.1) is 24.1 Å². The van der Waals surface area contributed by atoms with Crippen LogP contribution in [-0.2, 0) is 35.5 Å². The third kappa shape index (κ3) is 8.03. The molecule has 2 aromatic rings. The van der Waals surface area contributed by atoms with E-state index in [0.717, 1.165) is 16.9 Å². The van der Waals surface area contributed by atoms with Gasteiger partial charge in [-0.2, -0.15) is 18.3 Å². The summed E-state index contributed by atoms with van der Waals surface area (Å²) in [7, 11) is -1.40. The molecule has 1 fully saturated rings. The number of likely N-dealkylation sites (tertiary alicyclic amines) is 1. The first kappa shape index (κ1) is 31.8. The Bertz CT molecular complexity index is 1330. The molecular weight excluding hydrogens is 571 g/mol. The number of pyridine rings is 1. The number of alkyl halides is 3. The summed E-state index contributed by atoms with van der Waals surface area (Å²) in [6.07, 6.45) is -1.63. The first-order valence-electron chi connectivity index (χ1n) is 14.1. The molecule has 4 rings (SSSR count). The van der Waals surface area contributed by atoms with E-state index in [0.29, 0.717) is 49.5 Å². The molecule has 0 aliphatic carbocycles. The van der Waals surface area contributed by atoms with Crippen molar-refractivity contribution in [3.63, 3.8) is 0 Å². The average Bonchev–Trinajstić information content (AvgIpc) is 3.30. The van der Waals surface area contributed by atoms with E-state index in [-0.39, 0.29) is 37.7 Å². The molecule has 10 nitrogen and oxygen atoms in total. The van der Waals surface area contributed by atoms with Crippen molar-refractivity contribution in [1.29, 1.82) is 0 Å². The highest BCUT2D eigenvalue weighted by molar-refractivity contribution is 6.76. The lowest BCUT2D eigenvalue weighted by Gasteiger charge is -2.33. The maximum Gasteiger partial charge on any atom is 0.423 e. The minimum Gasteiger partial charge on any atom is -0.490 e. The first-order chi connectivity index (χ1) is 19.5. The molecular formula is C28H40F3N5O5Si. The number of anilines is 1. The van der Waals surface area contributed by atoms with E-state index >= 15 is 0 Å². The Balaban J connectivity index is 1.46. The van der Waals surface area contributed by atoms with Crippen molar-refractivity contribution in [2.45, 2.75) is 97.0 Å². The van der Waals surface area contributed by atoms with Gasteiger partial charge in [-0.3, -0.25) is 9.78 Å². The molecule has 0 saturated carbocycles. The Kier molecular flexibility index (Phi) is 9.26. The van der Waals surface area contributed by atoms with Gasteiger partial charge in [-0.1, -0.05) is 19.6 Å². The number of carbonyl (C=O) groups excluding carboxylic acids is 1. The second kappa shape index (κ2) is 12.2. The molecule has 0 aromatic carbocycles. The minimum absolute atomic E-state index is 0.0740. The zero-order valence-electron chi connectivity index (χ0n) is 25.1. The standard InChI is InChI=1S/C28H40F3N5O5Si/c1-27(2,3)41-26(38)34-11-8-19(9-12-34)40-23-7-10-32-21-17-35(16-20(21)23)22-15-33-36(18-39-13-14-42(4,5)6)25(37)24(22)28(29,30)31/h7,10,15,19H,8-9,11-14,16-18H2,1-6H3. The molecule has 232 valence electrons. The highest BCUT2D eigenvalue weighted by Crippen LogP contribution is 2.39. The van der Waals surface area contributed by atoms with Gasteiger partial charge in [-0.25, -0.2) is 9.48 Å². The molecule has 2 aliphatic heterocycles. The number of rotatable bonds is 8. The van der Waals surface area contributed by atoms with E-state index in [4.69, 9.17) is 14.2 Å². The summed E-state index contributed by atoms with van der Waals surface area (Å²) in [6.45, 7) is 13.0. The second-order valence-electron chi connectivity index (χ2n) is 12.9. The second-order valence-corrected chi connectivity index (χ2v) is 18.6. The summed E-state index contributed by atoms with van der Waals surface area (Å²) >= 11 is 0. The van der Waals surface area contributed by atoms with Crippen LogP contribution in [0, 0.1) is 0 Å². The largest absolute Gasteiger partial charge is 0.490 e. The Morgan fingerprint density at radius 1 is 1.12 bits per heavy atom. The molecule has 1 amide bonds. The highest BCUT2D eigenvalue weighted by atomic mass is 28.3. The smallest absolute Gasteiger partial charge is 0.423 e. The monoisotopic (exact) mass is 611 g/mol. The van der Waals surface area contributed by atoms with Crippen LogP contribution in [0.25, 0.3) is 0 Å². The zero-order chi connectivity index (χ0) is 30.9. The van der Waals surface area contributed by atoms with Crippen LogP contribution in [0.2, 0.25) is 25.7 Å². The van der Waals surface area contributed by atoms with Crippen LogP contribution in [0.1, 0.15) is 50.4 Å². The Morgan fingerprint density at radius 2 is 1.81 bits per heavy atom. The molecule has 0 unspecified atom stereocenters. The molecule has 4 heterocycles. The van der Waals surface area contributed by atoms with Crippen molar-refractivity contribution in [3.8, 4) is 5.75 Å². The number of nitrogens with zero attached hydrogens (tertiary/aromatic N) is 5. The number of halogens is 3. The number of ether oxygens (including phenoxy) is 3. The van der Waals surface area contributed by atoms with Gasteiger partial charge in [0.2, 0.25) is 0 Å². The molecule has 0 bridgehead atoms. The number of amides is 1. The number of carbonyl (C=O) groups is 1. The van der Waals surface area contributed by atoms with E-state index in [1.165, 1.54) is 4.90 Å². The minimum atomic E-state index is -4.89. The number of fused-ring (bicyclic) bond motifs is 1. The molecule has 14 heteroatoms. The Hall–Kier alpha value is -3.13. The summed E-state index contributed by atoms with van der Waals surface area (Å²) < 4.78 is 60.5.